The van der Waals surface area contributed by atoms with Crippen molar-refractivity contribution in [3.63, 3.8) is 0 Å². The third-order valence-corrected chi connectivity index (χ3v) is 4.94. The second-order valence-electron chi connectivity index (χ2n) is 6.70. The second-order valence-corrected chi connectivity index (χ2v) is 6.70. The lowest BCUT2D eigenvalue weighted by Crippen LogP contribution is -2.35. The van der Waals surface area contributed by atoms with Crippen LogP contribution in [-0.2, 0) is 11.3 Å². The van der Waals surface area contributed by atoms with E-state index in [4.69, 9.17) is 5.73 Å². The van der Waals surface area contributed by atoms with Crippen LogP contribution in [0.5, 0.6) is 0 Å². The third kappa shape index (κ3) is 3.85. The lowest BCUT2D eigenvalue weighted by atomic mass is 10.1. The highest BCUT2D eigenvalue weighted by atomic mass is 35.5. The number of nitrogens with zero attached hydrogens (tertiary/aromatic N) is 3. The number of rotatable bonds is 4. The Morgan fingerprint density at radius 1 is 1.40 bits per heavy atom. The van der Waals surface area contributed by atoms with Crippen LogP contribution in [0.15, 0.2) is 29.3 Å². The topological polar surface area (TPSA) is 81.2 Å². The van der Waals surface area contributed by atoms with E-state index in [0.29, 0.717) is 30.8 Å². The SMILES string of the molecule is Cc1cccc2c(=O)n(CCC(=O)N3CC(CN)CC3C)cnc12.Cl. The summed E-state index contributed by atoms with van der Waals surface area (Å²) in [6.45, 7) is 5.68. The fraction of sp³-hybridized carbons (Fsp3) is 0.500. The molecule has 0 saturated carbocycles. The van der Waals surface area contributed by atoms with Gasteiger partial charge in [-0.05, 0) is 44.4 Å². The van der Waals surface area contributed by atoms with Gasteiger partial charge in [-0.1, -0.05) is 12.1 Å². The molecular weight excluding hydrogens is 340 g/mol. The Balaban J connectivity index is 0.00000225. The predicted octanol–water partition coefficient (Wildman–Crippen LogP) is 1.71. The summed E-state index contributed by atoms with van der Waals surface area (Å²) in [7, 11) is 0. The Morgan fingerprint density at radius 2 is 2.16 bits per heavy atom. The van der Waals surface area contributed by atoms with Gasteiger partial charge < -0.3 is 10.6 Å². The van der Waals surface area contributed by atoms with Crippen LogP contribution in [0, 0.1) is 12.8 Å². The van der Waals surface area contributed by atoms with Crippen molar-refractivity contribution >= 4 is 29.2 Å². The lowest BCUT2D eigenvalue weighted by molar-refractivity contribution is -0.132. The van der Waals surface area contributed by atoms with Crippen LogP contribution >= 0.6 is 12.4 Å². The summed E-state index contributed by atoms with van der Waals surface area (Å²) in [5.74, 6) is 0.465. The van der Waals surface area contributed by atoms with Crippen LogP contribution in [0.2, 0.25) is 0 Å². The number of amides is 1. The molecule has 0 spiro atoms. The van der Waals surface area contributed by atoms with Gasteiger partial charge in [0.2, 0.25) is 5.91 Å². The number of aromatic nitrogens is 2. The van der Waals surface area contributed by atoms with Gasteiger partial charge in [0.1, 0.15) is 0 Å². The van der Waals surface area contributed by atoms with Crippen molar-refractivity contribution in [1.29, 1.82) is 0 Å². The van der Waals surface area contributed by atoms with Crippen LogP contribution < -0.4 is 11.3 Å². The summed E-state index contributed by atoms with van der Waals surface area (Å²) in [6, 6.07) is 5.80. The smallest absolute Gasteiger partial charge is 0.261 e. The molecule has 1 saturated heterocycles. The molecule has 0 radical (unpaired) electrons. The predicted molar refractivity (Wildman–Crippen MR) is 101 cm³/mol. The Hall–Kier alpha value is -1.92. The molecule has 25 heavy (non-hydrogen) atoms. The largest absolute Gasteiger partial charge is 0.340 e. The Bertz CT molecular complexity index is 820. The average molecular weight is 365 g/mol. The molecule has 2 heterocycles. The molecule has 1 aliphatic rings. The fourth-order valence-corrected chi connectivity index (χ4v) is 3.52. The van der Waals surface area contributed by atoms with Crippen molar-refractivity contribution in [3.8, 4) is 0 Å². The third-order valence-electron chi connectivity index (χ3n) is 4.94. The molecule has 0 bridgehead atoms. The molecule has 1 aliphatic heterocycles. The monoisotopic (exact) mass is 364 g/mol. The zero-order chi connectivity index (χ0) is 17.3. The number of aryl methyl sites for hydroxylation is 2. The van der Waals surface area contributed by atoms with Gasteiger partial charge in [0, 0.05) is 25.6 Å². The van der Waals surface area contributed by atoms with Crippen LogP contribution in [0.25, 0.3) is 10.9 Å². The molecule has 1 aromatic heterocycles. The summed E-state index contributed by atoms with van der Waals surface area (Å²) in [6.07, 6.45) is 2.81. The highest BCUT2D eigenvalue weighted by molar-refractivity contribution is 5.85. The van der Waals surface area contributed by atoms with Crippen molar-refractivity contribution in [3.05, 3.63) is 40.4 Å². The van der Waals surface area contributed by atoms with Gasteiger partial charge in [-0.2, -0.15) is 0 Å². The molecule has 1 fully saturated rings. The van der Waals surface area contributed by atoms with Gasteiger partial charge in [0.25, 0.3) is 5.56 Å². The highest BCUT2D eigenvalue weighted by Gasteiger charge is 2.31. The number of fused-ring (bicyclic) bond motifs is 1. The number of para-hydroxylation sites is 1. The summed E-state index contributed by atoms with van der Waals surface area (Å²) >= 11 is 0. The van der Waals surface area contributed by atoms with Crippen LogP contribution in [0.4, 0.5) is 0 Å². The van der Waals surface area contributed by atoms with Crippen molar-refractivity contribution < 1.29 is 4.79 Å². The number of carbonyl (C=O) groups excluding carboxylic acids is 1. The molecule has 1 aromatic carbocycles. The Labute approximate surface area is 153 Å². The normalized spacial score (nSPS) is 19.9. The minimum absolute atomic E-state index is 0. The van der Waals surface area contributed by atoms with Crippen LogP contribution in [0.3, 0.4) is 0 Å². The molecule has 2 aromatic rings. The number of halogens is 1. The van der Waals surface area contributed by atoms with E-state index in [1.54, 1.807) is 12.4 Å². The van der Waals surface area contributed by atoms with E-state index in [0.717, 1.165) is 24.0 Å². The van der Waals surface area contributed by atoms with Gasteiger partial charge in [-0.3, -0.25) is 14.2 Å². The fourth-order valence-electron chi connectivity index (χ4n) is 3.52. The van der Waals surface area contributed by atoms with Gasteiger partial charge in [-0.15, -0.1) is 12.4 Å². The number of nitrogens with two attached hydrogens (primary N) is 1. The van der Waals surface area contributed by atoms with Crippen LogP contribution in [-0.4, -0.2) is 39.5 Å². The van der Waals surface area contributed by atoms with Crippen molar-refractivity contribution in [2.45, 2.75) is 39.3 Å². The first-order chi connectivity index (χ1) is 11.5. The Morgan fingerprint density at radius 3 is 2.84 bits per heavy atom. The summed E-state index contributed by atoms with van der Waals surface area (Å²) in [4.78, 5) is 31.3. The average Bonchev–Trinajstić information content (AvgIpc) is 2.96. The number of hydrogen-bond acceptors (Lipinski definition) is 4. The summed E-state index contributed by atoms with van der Waals surface area (Å²) in [5.41, 5.74) is 7.33. The van der Waals surface area contributed by atoms with Crippen molar-refractivity contribution in [1.82, 2.24) is 14.5 Å². The van der Waals surface area contributed by atoms with Gasteiger partial charge in [-0.25, -0.2) is 4.98 Å². The molecule has 0 aliphatic carbocycles. The first kappa shape index (κ1) is 19.4. The van der Waals surface area contributed by atoms with E-state index in [1.807, 2.05) is 24.0 Å². The maximum Gasteiger partial charge on any atom is 0.261 e. The molecular formula is C18H25ClN4O2. The van der Waals surface area contributed by atoms with E-state index in [-0.39, 0.29) is 29.9 Å². The van der Waals surface area contributed by atoms with E-state index in [2.05, 4.69) is 11.9 Å². The minimum atomic E-state index is -0.0918. The van der Waals surface area contributed by atoms with E-state index in [9.17, 15) is 9.59 Å². The molecule has 2 unspecified atom stereocenters. The van der Waals surface area contributed by atoms with Crippen molar-refractivity contribution in [2.24, 2.45) is 11.7 Å². The molecule has 2 atom stereocenters. The van der Waals surface area contributed by atoms with Gasteiger partial charge in [0.05, 0.1) is 17.2 Å². The lowest BCUT2D eigenvalue weighted by Gasteiger charge is -2.21. The first-order valence-electron chi connectivity index (χ1n) is 8.45. The molecule has 6 nitrogen and oxygen atoms in total. The van der Waals surface area contributed by atoms with Gasteiger partial charge in [0.15, 0.2) is 0 Å². The number of likely N-dealkylation sites (tertiary alicyclic amines) is 1. The Kier molecular flexibility index (Phi) is 6.19. The second kappa shape index (κ2) is 7.97. The standard InChI is InChI=1S/C18H24N4O2.ClH/c1-12-4-3-5-15-17(12)20-11-21(18(15)24)7-6-16(23)22-10-14(9-19)8-13(22)2;/h3-5,11,13-14H,6-10,19H2,1-2H3;1H. The number of benzene rings is 1. The zero-order valence-corrected chi connectivity index (χ0v) is 15.5. The van der Waals surface area contributed by atoms with Crippen LogP contribution in [0.1, 0.15) is 25.3 Å². The maximum absolute atomic E-state index is 12.6. The first-order valence-corrected chi connectivity index (χ1v) is 8.45. The highest BCUT2D eigenvalue weighted by Crippen LogP contribution is 2.22. The summed E-state index contributed by atoms with van der Waals surface area (Å²) in [5, 5.41) is 0.600. The molecule has 3 rings (SSSR count). The maximum atomic E-state index is 12.6. The molecule has 1 amide bonds. The number of hydrogen-bond donors (Lipinski definition) is 1. The quantitative estimate of drug-likeness (QED) is 0.895. The van der Waals surface area contributed by atoms with E-state index < -0.39 is 0 Å². The molecule has 7 heteroatoms. The zero-order valence-electron chi connectivity index (χ0n) is 14.6. The van der Waals surface area contributed by atoms with E-state index >= 15 is 0 Å². The van der Waals surface area contributed by atoms with Gasteiger partial charge >= 0.3 is 0 Å². The minimum Gasteiger partial charge on any atom is -0.340 e. The number of carbonyl (C=O) groups is 1. The molecule has 136 valence electrons. The summed E-state index contributed by atoms with van der Waals surface area (Å²) < 4.78 is 1.53. The molecule has 2 N–H and O–H groups in total. The van der Waals surface area contributed by atoms with E-state index in [1.165, 1.54) is 4.57 Å². The van der Waals surface area contributed by atoms with Crippen molar-refractivity contribution in [2.75, 3.05) is 13.1 Å².